The van der Waals surface area contributed by atoms with Gasteiger partial charge in [0.1, 0.15) is 0 Å². The summed E-state index contributed by atoms with van der Waals surface area (Å²) in [5, 5.41) is 4.88. The molecule has 5 heteroatoms. The fourth-order valence-corrected chi connectivity index (χ4v) is 3.31. The summed E-state index contributed by atoms with van der Waals surface area (Å²) in [7, 11) is 0. The third kappa shape index (κ3) is 3.66. The van der Waals surface area contributed by atoms with Crippen LogP contribution in [0, 0.1) is 0 Å². The van der Waals surface area contributed by atoms with Gasteiger partial charge in [0.05, 0.1) is 6.54 Å². The van der Waals surface area contributed by atoms with E-state index in [2.05, 4.69) is 37.2 Å². The Balaban J connectivity index is 2.04. The normalized spacial score (nSPS) is 10.2. The van der Waals surface area contributed by atoms with Crippen molar-refractivity contribution in [3.8, 4) is 0 Å². The first kappa shape index (κ1) is 12.8. The van der Waals surface area contributed by atoms with Crippen molar-refractivity contribution >= 4 is 49.1 Å². The van der Waals surface area contributed by atoms with Crippen LogP contribution in [-0.4, -0.2) is 5.91 Å². The average Bonchev–Trinajstić information content (AvgIpc) is 2.77. The molecule has 1 heterocycles. The van der Waals surface area contributed by atoms with Crippen LogP contribution in [-0.2, 0) is 6.54 Å². The number of carbonyl (C=O) groups is 1. The van der Waals surface area contributed by atoms with Crippen LogP contribution in [0.25, 0.3) is 0 Å². The van der Waals surface area contributed by atoms with E-state index in [0.29, 0.717) is 12.1 Å². The Hall–Kier alpha value is -0.650. The number of halogens is 2. The van der Waals surface area contributed by atoms with Crippen LogP contribution in [0.15, 0.2) is 44.7 Å². The molecule has 0 spiro atoms. The van der Waals surface area contributed by atoms with Crippen LogP contribution < -0.4 is 5.32 Å². The van der Waals surface area contributed by atoms with Crippen LogP contribution in [0.5, 0.6) is 0 Å². The molecule has 0 fully saturated rings. The molecule has 0 aliphatic heterocycles. The molecule has 0 saturated carbocycles. The van der Waals surface area contributed by atoms with E-state index in [1.54, 1.807) is 23.5 Å². The van der Waals surface area contributed by atoms with Crippen molar-refractivity contribution in [3.63, 3.8) is 0 Å². The van der Waals surface area contributed by atoms with E-state index in [-0.39, 0.29) is 5.91 Å². The van der Waals surface area contributed by atoms with E-state index >= 15 is 0 Å². The second-order valence-electron chi connectivity index (χ2n) is 3.42. The zero-order valence-electron chi connectivity index (χ0n) is 8.74. The molecule has 0 unspecified atom stereocenters. The van der Waals surface area contributed by atoms with E-state index in [9.17, 15) is 4.79 Å². The first-order valence-corrected chi connectivity index (χ1v) is 7.38. The molecular weight excluding hydrogens is 366 g/mol. The average molecular weight is 375 g/mol. The fourth-order valence-electron chi connectivity index (χ4n) is 1.37. The largest absolute Gasteiger partial charge is 0.347 e. The van der Waals surface area contributed by atoms with Crippen molar-refractivity contribution < 1.29 is 4.79 Å². The van der Waals surface area contributed by atoms with Crippen molar-refractivity contribution in [3.05, 3.63) is 55.1 Å². The van der Waals surface area contributed by atoms with Gasteiger partial charge in [0.15, 0.2) is 0 Å². The van der Waals surface area contributed by atoms with Gasteiger partial charge in [0, 0.05) is 19.4 Å². The van der Waals surface area contributed by atoms with E-state index in [1.807, 2.05) is 23.6 Å². The highest BCUT2D eigenvalue weighted by Crippen LogP contribution is 2.20. The predicted molar refractivity (Wildman–Crippen MR) is 77.3 cm³/mol. The monoisotopic (exact) mass is 373 g/mol. The summed E-state index contributed by atoms with van der Waals surface area (Å²) in [5.41, 5.74) is 0.641. The van der Waals surface area contributed by atoms with Crippen molar-refractivity contribution in [1.29, 1.82) is 0 Å². The summed E-state index contributed by atoms with van der Waals surface area (Å²) >= 11 is 8.36. The minimum atomic E-state index is -0.0691. The number of carbonyl (C=O) groups excluding carboxylic acids is 1. The number of amides is 1. The van der Waals surface area contributed by atoms with Crippen molar-refractivity contribution in [2.24, 2.45) is 0 Å². The van der Waals surface area contributed by atoms with Crippen LogP contribution in [0.3, 0.4) is 0 Å². The van der Waals surface area contributed by atoms with Crippen molar-refractivity contribution in [1.82, 2.24) is 5.32 Å². The fraction of sp³-hybridized carbons (Fsp3) is 0.0833. The summed E-state index contributed by atoms with van der Waals surface area (Å²) in [6.45, 7) is 0.570. The molecule has 1 amide bonds. The lowest BCUT2D eigenvalue weighted by Crippen LogP contribution is -2.22. The summed E-state index contributed by atoms with van der Waals surface area (Å²) in [6.07, 6.45) is 0. The van der Waals surface area contributed by atoms with Gasteiger partial charge in [-0.25, -0.2) is 0 Å². The van der Waals surface area contributed by atoms with E-state index in [4.69, 9.17) is 0 Å². The molecule has 0 atom stereocenters. The molecule has 0 radical (unpaired) electrons. The lowest BCUT2D eigenvalue weighted by atomic mass is 10.2. The second kappa shape index (κ2) is 5.80. The highest BCUT2D eigenvalue weighted by molar-refractivity contribution is 9.11. The minimum Gasteiger partial charge on any atom is -0.347 e. The maximum absolute atomic E-state index is 11.9. The maximum atomic E-state index is 11.9. The lowest BCUT2D eigenvalue weighted by Gasteiger charge is -2.05. The van der Waals surface area contributed by atoms with Crippen LogP contribution >= 0.6 is 43.2 Å². The van der Waals surface area contributed by atoms with Gasteiger partial charge < -0.3 is 5.32 Å². The number of nitrogens with one attached hydrogen (secondary N) is 1. The first-order chi connectivity index (χ1) is 8.15. The first-order valence-electron chi connectivity index (χ1n) is 4.92. The Morgan fingerprint density at radius 1 is 1.24 bits per heavy atom. The zero-order chi connectivity index (χ0) is 12.3. The minimum absolute atomic E-state index is 0.0691. The molecule has 2 nitrogen and oxygen atoms in total. The quantitative estimate of drug-likeness (QED) is 0.856. The molecule has 88 valence electrons. The third-order valence-electron chi connectivity index (χ3n) is 2.13. The second-order valence-corrected chi connectivity index (χ2v) is 6.28. The SMILES string of the molecule is O=C(NCc1cccs1)c1cc(Br)cc(Br)c1. The van der Waals surface area contributed by atoms with E-state index in [0.717, 1.165) is 13.8 Å². The Morgan fingerprint density at radius 2 is 1.94 bits per heavy atom. The highest BCUT2D eigenvalue weighted by Gasteiger charge is 2.07. The predicted octanol–water partition coefficient (Wildman–Crippen LogP) is 4.20. The standard InChI is InChI=1S/C12H9Br2NOS/c13-9-4-8(5-10(14)6-9)12(16)15-7-11-2-1-3-17-11/h1-6H,7H2,(H,15,16). The number of rotatable bonds is 3. The number of benzene rings is 1. The molecule has 2 rings (SSSR count). The van der Waals surface area contributed by atoms with E-state index in [1.165, 1.54) is 0 Å². The molecule has 1 aromatic heterocycles. The van der Waals surface area contributed by atoms with Crippen molar-refractivity contribution in [2.75, 3.05) is 0 Å². The number of hydrogen-bond acceptors (Lipinski definition) is 2. The zero-order valence-corrected chi connectivity index (χ0v) is 12.7. The van der Waals surface area contributed by atoms with Crippen LogP contribution in [0.2, 0.25) is 0 Å². The summed E-state index contributed by atoms with van der Waals surface area (Å²) in [6, 6.07) is 9.47. The molecule has 1 aromatic carbocycles. The van der Waals surface area contributed by atoms with Gasteiger partial charge in [0.2, 0.25) is 0 Å². The Kier molecular flexibility index (Phi) is 4.36. The van der Waals surface area contributed by atoms with Gasteiger partial charge >= 0.3 is 0 Å². The van der Waals surface area contributed by atoms with Crippen molar-refractivity contribution in [2.45, 2.75) is 6.54 Å². The molecule has 2 aromatic rings. The van der Waals surface area contributed by atoms with E-state index < -0.39 is 0 Å². The molecule has 1 N–H and O–H groups in total. The van der Waals surface area contributed by atoms with Gasteiger partial charge in [-0.05, 0) is 29.6 Å². The molecular formula is C12H9Br2NOS. The van der Waals surface area contributed by atoms with Gasteiger partial charge in [0.25, 0.3) is 5.91 Å². The Morgan fingerprint density at radius 3 is 2.53 bits per heavy atom. The molecule has 0 aliphatic carbocycles. The number of hydrogen-bond donors (Lipinski definition) is 1. The summed E-state index contributed by atoms with van der Waals surface area (Å²) < 4.78 is 1.77. The van der Waals surface area contributed by atoms with Gasteiger partial charge in [-0.15, -0.1) is 11.3 Å². The molecule has 0 bridgehead atoms. The maximum Gasteiger partial charge on any atom is 0.251 e. The van der Waals surface area contributed by atoms with Gasteiger partial charge in [-0.1, -0.05) is 37.9 Å². The smallest absolute Gasteiger partial charge is 0.251 e. The number of thiophene rings is 1. The van der Waals surface area contributed by atoms with Crippen LogP contribution in [0.4, 0.5) is 0 Å². The highest BCUT2D eigenvalue weighted by atomic mass is 79.9. The summed E-state index contributed by atoms with van der Waals surface area (Å²) in [5.74, 6) is -0.0691. The van der Waals surface area contributed by atoms with Gasteiger partial charge in [-0.3, -0.25) is 4.79 Å². The topological polar surface area (TPSA) is 29.1 Å². The molecule has 17 heavy (non-hydrogen) atoms. The molecule has 0 aliphatic rings. The van der Waals surface area contributed by atoms with Crippen LogP contribution in [0.1, 0.15) is 15.2 Å². The Labute approximate surface area is 120 Å². The Bertz CT molecular complexity index is 505. The third-order valence-corrected chi connectivity index (χ3v) is 3.92. The lowest BCUT2D eigenvalue weighted by molar-refractivity contribution is 0.0951. The summed E-state index contributed by atoms with van der Waals surface area (Å²) in [4.78, 5) is 13.0. The molecule has 0 saturated heterocycles. The van der Waals surface area contributed by atoms with Gasteiger partial charge in [-0.2, -0.15) is 0 Å².